The lowest BCUT2D eigenvalue weighted by Gasteiger charge is -2.35. The fourth-order valence-electron chi connectivity index (χ4n) is 1.83. The minimum atomic E-state index is -1.08. The molecule has 1 aliphatic rings. The summed E-state index contributed by atoms with van der Waals surface area (Å²) in [6.07, 6.45) is -0.0347. The lowest BCUT2D eigenvalue weighted by atomic mass is 9.93. The number of carbonyl (C=O) groups is 2. The predicted molar refractivity (Wildman–Crippen MR) is 50.8 cm³/mol. The molecule has 1 amide bonds. The van der Waals surface area contributed by atoms with Crippen molar-refractivity contribution in [2.24, 2.45) is 5.92 Å². The van der Waals surface area contributed by atoms with E-state index in [0.717, 1.165) is 4.90 Å². The van der Waals surface area contributed by atoms with Gasteiger partial charge in [-0.05, 0) is 12.8 Å². The maximum absolute atomic E-state index is 10.9. The summed E-state index contributed by atoms with van der Waals surface area (Å²) in [7, 11) is 1.50. The Morgan fingerprint density at radius 1 is 1.40 bits per heavy atom. The van der Waals surface area contributed by atoms with Crippen LogP contribution >= 0.6 is 0 Å². The van der Waals surface area contributed by atoms with Gasteiger partial charge >= 0.3 is 12.1 Å². The van der Waals surface area contributed by atoms with Crippen molar-refractivity contribution in [3.8, 4) is 0 Å². The van der Waals surface area contributed by atoms with Crippen molar-refractivity contribution in [3.63, 3.8) is 0 Å². The molecule has 0 spiro atoms. The summed E-state index contributed by atoms with van der Waals surface area (Å²) in [4.78, 5) is 22.8. The number of carboxylic acids is 1. The van der Waals surface area contributed by atoms with Gasteiger partial charge in [0.25, 0.3) is 0 Å². The molecule has 1 saturated heterocycles. The SMILES string of the molecule is COC[C@@H]1CC[C@H](C(=O)O)CN1C(=O)O. The fraction of sp³-hybridized carbons (Fsp3) is 0.778. The molecule has 15 heavy (non-hydrogen) atoms. The molecule has 0 aromatic heterocycles. The molecule has 1 aliphatic heterocycles. The van der Waals surface area contributed by atoms with E-state index in [9.17, 15) is 9.59 Å². The summed E-state index contributed by atoms with van der Waals surface area (Å²) in [5, 5.41) is 17.7. The van der Waals surface area contributed by atoms with E-state index in [2.05, 4.69) is 0 Å². The summed E-state index contributed by atoms with van der Waals surface area (Å²) >= 11 is 0. The molecule has 0 aromatic rings. The van der Waals surface area contributed by atoms with Gasteiger partial charge in [0, 0.05) is 13.7 Å². The number of rotatable bonds is 3. The summed E-state index contributed by atoms with van der Waals surface area (Å²) < 4.78 is 4.91. The first-order chi connectivity index (χ1) is 7.06. The summed E-state index contributed by atoms with van der Waals surface area (Å²) in [6, 6.07) is -0.219. The molecule has 2 N–H and O–H groups in total. The van der Waals surface area contributed by atoms with Gasteiger partial charge in [-0.15, -0.1) is 0 Å². The first kappa shape index (κ1) is 11.8. The second-order valence-electron chi connectivity index (χ2n) is 3.66. The van der Waals surface area contributed by atoms with Gasteiger partial charge in [-0.25, -0.2) is 4.79 Å². The van der Waals surface area contributed by atoms with Crippen LogP contribution in [0, 0.1) is 5.92 Å². The second kappa shape index (κ2) is 4.97. The number of piperidine rings is 1. The van der Waals surface area contributed by atoms with Gasteiger partial charge in [-0.1, -0.05) is 0 Å². The molecular weight excluding hydrogens is 202 g/mol. The number of carboxylic acid groups (broad SMARTS) is 2. The Morgan fingerprint density at radius 2 is 2.07 bits per heavy atom. The fourth-order valence-corrected chi connectivity index (χ4v) is 1.83. The number of ether oxygens (including phenoxy) is 1. The van der Waals surface area contributed by atoms with Gasteiger partial charge in [0.15, 0.2) is 0 Å². The average molecular weight is 217 g/mol. The van der Waals surface area contributed by atoms with E-state index in [4.69, 9.17) is 14.9 Å². The molecule has 6 nitrogen and oxygen atoms in total. The van der Waals surface area contributed by atoms with Crippen LogP contribution < -0.4 is 0 Å². The van der Waals surface area contributed by atoms with Crippen LogP contribution in [-0.4, -0.2) is 53.5 Å². The van der Waals surface area contributed by atoms with E-state index >= 15 is 0 Å². The van der Waals surface area contributed by atoms with Crippen LogP contribution in [0.4, 0.5) is 4.79 Å². The maximum Gasteiger partial charge on any atom is 0.407 e. The molecule has 2 atom stereocenters. The van der Waals surface area contributed by atoms with E-state index in [1.165, 1.54) is 7.11 Å². The number of aliphatic carboxylic acids is 1. The normalized spacial score (nSPS) is 26.3. The van der Waals surface area contributed by atoms with Crippen molar-refractivity contribution in [3.05, 3.63) is 0 Å². The number of hydrogen-bond acceptors (Lipinski definition) is 3. The van der Waals surface area contributed by atoms with Crippen molar-refractivity contribution in [1.82, 2.24) is 4.90 Å². The Balaban J connectivity index is 2.64. The molecule has 0 unspecified atom stereocenters. The molecule has 0 saturated carbocycles. The monoisotopic (exact) mass is 217 g/mol. The van der Waals surface area contributed by atoms with E-state index in [0.29, 0.717) is 19.4 Å². The topological polar surface area (TPSA) is 87.1 Å². The van der Waals surface area contributed by atoms with Gasteiger partial charge in [0.05, 0.1) is 18.6 Å². The number of likely N-dealkylation sites (tertiary alicyclic amines) is 1. The Kier molecular flexibility index (Phi) is 3.90. The number of nitrogens with zero attached hydrogens (tertiary/aromatic N) is 1. The third-order valence-corrected chi connectivity index (χ3v) is 2.66. The lowest BCUT2D eigenvalue weighted by Crippen LogP contribution is -2.49. The third-order valence-electron chi connectivity index (χ3n) is 2.66. The van der Waals surface area contributed by atoms with Crippen molar-refractivity contribution >= 4 is 12.1 Å². The molecule has 0 aliphatic carbocycles. The van der Waals surface area contributed by atoms with Crippen LogP contribution in [0.25, 0.3) is 0 Å². The number of amides is 1. The highest BCUT2D eigenvalue weighted by Gasteiger charge is 2.34. The van der Waals surface area contributed by atoms with Gasteiger partial charge in [0.2, 0.25) is 0 Å². The van der Waals surface area contributed by atoms with Gasteiger partial charge in [-0.2, -0.15) is 0 Å². The highest BCUT2D eigenvalue weighted by atomic mass is 16.5. The zero-order chi connectivity index (χ0) is 11.4. The number of methoxy groups -OCH3 is 1. The first-order valence-electron chi connectivity index (χ1n) is 4.77. The van der Waals surface area contributed by atoms with Crippen LogP contribution in [0.5, 0.6) is 0 Å². The van der Waals surface area contributed by atoms with E-state index in [-0.39, 0.29) is 12.6 Å². The molecule has 86 valence electrons. The van der Waals surface area contributed by atoms with Crippen molar-refractivity contribution in [1.29, 1.82) is 0 Å². The standard InChI is InChI=1S/C9H15NO5/c1-15-5-7-3-2-6(8(11)12)4-10(7)9(13)14/h6-7H,2-5H2,1H3,(H,11,12)(H,13,14)/t6-,7-/m0/s1. The lowest BCUT2D eigenvalue weighted by molar-refractivity contribution is -0.144. The van der Waals surface area contributed by atoms with Gasteiger partial charge in [-0.3, -0.25) is 4.79 Å². The third kappa shape index (κ3) is 2.82. The Hall–Kier alpha value is -1.30. The van der Waals surface area contributed by atoms with E-state index in [1.807, 2.05) is 0 Å². The van der Waals surface area contributed by atoms with Crippen LogP contribution in [0.3, 0.4) is 0 Å². The summed E-state index contributed by atoms with van der Waals surface area (Å²) in [5.41, 5.74) is 0. The minimum Gasteiger partial charge on any atom is -0.481 e. The minimum absolute atomic E-state index is 0.0543. The second-order valence-corrected chi connectivity index (χ2v) is 3.66. The van der Waals surface area contributed by atoms with Crippen molar-refractivity contribution in [2.45, 2.75) is 18.9 Å². The zero-order valence-corrected chi connectivity index (χ0v) is 8.55. The van der Waals surface area contributed by atoms with Crippen LogP contribution in [0.15, 0.2) is 0 Å². The molecule has 6 heteroatoms. The molecule has 1 heterocycles. The van der Waals surface area contributed by atoms with Crippen LogP contribution in [0.1, 0.15) is 12.8 Å². The van der Waals surface area contributed by atoms with Gasteiger partial charge < -0.3 is 19.8 Å². The predicted octanol–water partition coefficient (Wildman–Crippen LogP) is 0.476. The Bertz CT molecular complexity index is 255. The molecule has 1 rings (SSSR count). The zero-order valence-electron chi connectivity index (χ0n) is 8.55. The Labute approximate surface area is 87.4 Å². The average Bonchev–Trinajstić information content (AvgIpc) is 2.18. The van der Waals surface area contributed by atoms with Crippen molar-refractivity contribution < 1.29 is 24.5 Å². The highest BCUT2D eigenvalue weighted by molar-refractivity contribution is 5.72. The summed E-state index contributed by atoms with van der Waals surface area (Å²) in [6.45, 7) is 0.372. The Morgan fingerprint density at radius 3 is 2.53 bits per heavy atom. The van der Waals surface area contributed by atoms with Crippen LogP contribution in [-0.2, 0) is 9.53 Å². The largest absolute Gasteiger partial charge is 0.481 e. The van der Waals surface area contributed by atoms with Gasteiger partial charge in [0.1, 0.15) is 0 Å². The van der Waals surface area contributed by atoms with Crippen molar-refractivity contribution in [2.75, 3.05) is 20.3 Å². The van der Waals surface area contributed by atoms with E-state index in [1.54, 1.807) is 0 Å². The molecular formula is C9H15NO5. The van der Waals surface area contributed by atoms with E-state index < -0.39 is 18.0 Å². The smallest absolute Gasteiger partial charge is 0.407 e. The maximum atomic E-state index is 10.9. The molecule has 0 bridgehead atoms. The molecule has 1 fully saturated rings. The first-order valence-corrected chi connectivity index (χ1v) is 4.77. The summed E-state index contributed by atoms with van der Waals surface area (Å²) in [5.74, 6) is -1.52. The quantitative estimate of drug-likeness (QED) is 0.717. The highest BCUT2D eigenvalue weighted by Crippen LogP contribution is 2.22. The number of hydrogen-bond donors (Lipinski definition) is 2. The molecule has 0 aromatic carbocycles. The molecule has 0 radical (unpaired) electrons. The van der Waals surface area contributed by atoms with Crippen LogP contribution in [0.2, 0.25) is 0 Å².